The second-order valence-corrected chi connectivity index (χ2v) is 11.1. The third-order valence-corrected chi connectivity index (χ3v) is 8.10. The van der Waals surface area contributed by atoms with Crippen LogP contribution in [0.4, 0.5) is 0 Å². The molecule has 0 radical (unpaired) electrons. The van der Waals surface area contributed by atoms with E-state index in [0.717, 1.165) is 5.56 Å². The van der Waals surface area contributed by atoms with Crippen LogP contribution in [0.25, 0.3) is 0 Å². The molecule has 5 N–H and O–H groups in total. The number of hydrogen-bond donors (Lipinski definition) is 4. The fourth-order valence-corrected chi connectivity index (χ4v) is 6.14. The van der Waals surface area contributed by atoms with Crippen molar-refractivity contribution in [1.82, 2.24) is 10.0 Å². The fourth-order valence-electron chi connectivity index (χ4n) is 3.83. The number of sulfonamides is 1. The van der Waals surface area contributed by atoms with Crippen molar-refractivity contribution in [3.63, 3.8) is 0 Å². The first-order chi connectivity index (χ1) is 17.5. The van der Waals surface area contributed by atoms with Gasteiger partial charge in [-0.05, 0) is 48.6 Å². The van der Waals surface area contributed by atoms with Gasteiger partial charge in [-0.25, -0.2) is 13.2 Å². The Kier molecular flexibility index (Phi) is 9.51. The molecular weight excluding hydrogens is 570 g/mol. The van der Waals surface area contributed by atoms with Crippen LogP contribution in [0.2, 0.25) is 0 Å². The van der Waals surface area contributed by atoms with Gasteiger partial charge in [0.2, 0.25) is 21.8 Å². The molecule has 0 spiro atoms. The summed E-state index contributed by atoms with van der Waals surface area (Å²) in [5, 5.41) is 11.7. The second-order valence-electron chi connectivity index (χ2n) is 8.42. The van der Waals surface area contributed by atoms with E-state index >= 15 is 0 Å². The zero-order valence-corrected chi connectivity index (χ0v) is 22.4. The molecule has 0 bridgehead atoms. The molecule has 1 heterocycles. The fraction of sp³-hybridized carbons (Fsp3) is 0.375. The van der Waals surface area contributed by atoms with Crippen molar-refractivity contribution in [1.29, 1.82) is 0 Å². The number of phenolic OH excluding ortho intramolecular Hbond substituents is 1. The molecule has 3 rings (SSSR count). The number of phenols is 1. The van der Waals surface area contributed by atoms with Gasteiger partial charge in [-0.3, -0.25) is 14.3 Å². The molecule has 37 heavy (non-hydrogen) atoms. The van der Waals surface area contributed by atoms with Crippen LogP contribution in [-0.4, -0.2) is 57.6 Å². The maximum absolute atomic E-state index is 12.4. The number of carbonyl (C=O) groups is 3. The Morgan fingerprint density at radius 2 is 2.03 bits per heavy atom. The summed E-state index contributed by atoms with van der Waals surface area (Å²) in [4.78, 5) is 35.7. The highest BCUT2D eigenvalue weighted by Gasteiger charge is 2.38. The molecule has 1 aliphatic rings. The monoisotopic (exact) mass is 597 g/mol. The van der Waals surface area contributed by atoms with E-state index in [0.29, 0.717) is 29.4 Å². The predicted octanol–water partition coefficient (Wildman–Crippen LogP) is 1.68. The summed E-state index contributed by atoms with van der Waals surface area (Å²) in [5.41, 5.74) is 7.19. The molecule has 0 aliphatic carbocycles. The normalized spacial score (nSPS) is 17.1. The smallest absolute Gasteiger partial charge is 0.345 e. The lowest BCUT2D eigenvalue weighted by Gasteiger charge is -2.15. The van der Waals surface area contributed by atoms with E-state index in [1.54, 1.807) is 30.3 Å². The average molecular weight is 598 g/mol. The van der Waals surface area contributed by atoms with E-state index < -0.39 is 33.2 Å². The molecule has 1 unspecified atom stereocenters. The third-order valence-electron chi connectivity index (χ3n) is 5.73. The van der Waals surface area contributed by atoms with Crippen molar-refractivity contribution in [3.05, 3.63) is 57.6 Å². The standard InChI is InChI=1S/C24H28BrN3O8S/c1-35-24(32)22-18(29)5-4-6-19(22)36-10-3-2-9-27-23(31)17(26)12-14-7-8-15(16(25)11-14)20-13-21(30)28-37(20,33)34/h4-8,11,17,20,29H,2-3,9-10,12-13,26H2,1H3,(H,27,31)(H,28,30)/t17-,20?/m0/s1. The topological polar surface area (TPSA) is 174 Å². The summed E-state index contributed by atoms with van der Waals surface area (Å²) in [6.45, 7) is 0.622. The van der Waals surface area contributed by atoms with Crippen molar-refractivity contribution >= 4 is 43.7 Å². The lowest BCUT2D eigenvalue weighted by atomic mass is 10.0. The average Bonchev–Trinajstić information content (AvgIpc) is 3.12. The summed E-state index contributed by atoms with van der Waals surface area (Å²) in [7, 11) is -2.55. The van der Waals surface area contributed by atoms with Crippen LogP contribution in [-0.2, 0) is 30.8 Å². The number of aromatic hydroxyl groups is 1. The van der Waals surface area contributed by atoms with E-state index in [1.165, 1.54) is 13.2 Å². The molecule has 1 aliphatic heterocycles. The molecule has 200 valence electrons. The lowest BCUT2D eigenvalue weighted by Crippen LogP contribution is -2.42. The number of methoxy groups -OCH3 is 1. The van der Waals surface area contributed by atoms with Crippen molar-refractivity contribution in [2.45, 2.75) is 37.0 Å². The minimum Gasteiger partial charge on any atom is -0.507 e. The van der Waals surface area contributed by atoms with Gasteiger partial charge in [0.15, 0.2) is 0 Å². The molecular formula is C24H28BrN3O8S. The second kappa shape index (κ2) is 12.4. The summed E-state index contributed by atoms with van der Waals surface area (Å²) in [5.74, 6) is -1.61. The lowest BCUT2D eigenvalue weighted by molar-refractivity contribution is -0.122. The van der Waals surface area contributed by atoms with E-state index in [1.807, 2.05) is 4.72 Å². The van der Waals surface area contributed by atoms with Gasteiger partial charge in [-0.2, -0.15) is 0 Å². The third kappa shape index (κ3) is 7.21. The number of nitrogens with one attached hydrogen (secondary N) is 2. The maximum atomic E-state index is 12.4. The van der Waals surface area contributed by atoms with Gasteiger partial charge < -0.3 is 25.6 Å². The van der Waals surface area contributed by atoms with Gasteiger partial charge in [0.05, 0.1) is 26.2 Å². The molecule has 2 aromatic carbocycles. The summed E-state index contributed by atoms with van der Waals surface area (Å²) in [6, 6.07) is 8.66. The molecule has 11 nitrogen and oxygen atoms in total. The largest absolute Gasteiger partial charge is 0.507 e. The Bertz CT molecular complexity index is 1280. The molecule has 1 saturated heterocycles. The number of ether oxygens (including phenoxy) is 2. The Labute approximate surface area is 222 Å². The van der Waals surface area contributed by atoms with Crippen LogP contribution in [0, 0.1) is 0 Å². The van der Waals surface area contributed by atoms with E-state index in [2.05, 4.69) is 26.0 Å². The van der Waals surface area contributed by atoms with Crippen LogP contribution >= 0.6 is 15.9 Å². The molecule has 2 aromatic rings. The van der Waals surface area contributed by atoms with Crippen molar-refractivity contribution in [2.24, 2.45) is 5.73 Å². The quantitative estimate of drug-likeness (QED) is 0.222. The van der Waals surface area contributed by atoms with E-state index in [-0.39, 0.29) is 42.4 Å². The summed E-state index contributed by atoms with van der Waals surface area (Å²) < 4.78 is 37.0. The first-order valence-electron chi connectivity index (χ1n) is 11.4. The van der Waals surface area contributed by atoms with Crippen molar-refractivity contribution < 1.29 is 37.4 Å². The number of amides is 2. The van der Waals surface area contributed by atoms with Gasteiger partial charge in [0, 0.05) is 11.0 Å². The molecule has 0 saturated carbocycles. The highest BCUT2D eigenvalue weighted by atomic mass is 79.9. The van der Waals surface area contributed by atoms with Crippen LogP contribution in [0.15, 0.2) is 40.9 Å². The van der Waals surface area contributed by atoms with Crippen molar-refractivity contribution in [3.8, 4) is 11.5 Å². The van der Waals surface area contributed by atoms with Gasteiger partial charge in [-0.15, -0.1) is 0 Å². The Hall–Kier alpha value is -3.16. The highest BCUT2D eigenvalue weighted by molar-refractivity contribution is 9.10. The Morgan fingerprint density at radius 3 is 2.68 bits per heavy atom. The van der Waals surface area contributed by atoms with Crippen LogP contribution in [0.5, 0.6) is 11.5 Å². The zero-order chi connectivity index (χ0) is 27.2. The van der Waals surface area contributed by atoms with Crippen LogP contribution < -0.4 is 20.5 Å². The first-order valence-corrected chi connectivity index (χ1v) is 13.8. The summed E-state index contributed by atoms with van der Waals surface area (Å²) >= 11 is 3.36. The molecule has 2 amide bonds. The molecule has 0 aromatic heterocycles. The minimum absolute atomic E-state index is 0.0426. The molecule has 2 atom stereocenters. The minimum atomic E-state index is -3.76. The number of benzene rings is 2. The predicted molar refractivity (Wildman–Crippen MR) is 137 cm³/mol. The van der Waals surface area contributed by atoms with Gasteiger partial charge in [0.25, 0.3) is 0 Å². The van der Waals surface area contributed by atoms with Crippen LogP contribution in [0.1, 0.15) is 46.0 Å². The maximum Gasteiger partial charge on any atom is 0.345 e. The number of carbonyl (C=O) groups excluding carboxylic acids is 3. The van der Waals surface area contributed by atoms with Crippen molar-refractivity contribution in [2.75, 3.05) is 20.3 Å². The van der Waals surface area contributed by atoms with E-state index in [4.69, 9.17) is 10.5 Å². The number of hydrogen-bond acceptors (Lipinski definition) is 9. The van der Waals surface area contributed by atoms with E-state index in [9.17, 15) is 27.9 Å². The number of rotatable bonds is 11. The number of halogens is 1. The van der Waals surface area contributed by atoms with Gasteiger partial charge in [-0.1, -0.05) is 34.1 Å². The first kappa shape index (κ1) is 28.4. The summed E-state index contributed by atoms with van der Waals surface area (Å²) in [6.07, 6.45) is 1.25. The number of unbranched alkanes of at least 4 members (excludes halogenated alkanes) is 1. The SMILES string of the molecule is COC(=O)c1c(O)cccc1OCCCCNC(=O)[C@@H](N)Cc1ccc(C2CC(=O)NS2(=O)=O)c(Br)c1. The zero-order valence-electron chi connectivity index (χ0n) is 20.0. The highest BCUT2D eigenvalue weighted by Crippen LogP contribution is 2.35. The number of nitrogens with two attached hydrogens (primary N) is 1. The molecule has 1 fully saturated rings. The molecule has 13 heteroatoms. The number of esters is 1. The Morgan fingerprint density at radius 1 is 1.27 bits per heavy atom. The van der Waals surface area contributed by atoms with Gasteiger partial charge >= 0.3 is 5.97 Å². The Balaban J connectivity index is 1.43. The van der Waals surface area contributed by atoms with Gasteiger partial charge in [0.1, 0.15) is 22.3 Å². The van der Waals surface area contributed by atoms with Crippen LogP contribution in [0.3, 0.4) is 0 Å².